The molecule has 0 aliphatic rings. The third-order valence-electron chi connectivity index (χ3n) is 3.36. The maximum Gasteiger partial charge on any atom is 0.253 e. The van der Waals surface area contributed by atoms with Crippen LogP contribution in [0.25, 0.3) is 0 Å². The quantitative estimate of drug-likeness (QED) is 0.835. The zero-order chi connectivity index (χ0) is 16.3. The molecule has 0 aromatic heterocycles. The highest BCUT2D eigenvalue weighted by atomic mass is 19.1. The highest BCUT2D eigenvalue weighted by Crippen LogP contribution is 2.27. The molecule has 22 heavy (non-hydrogen) atoms. The fraction of sp³-hybridized carbons (Fsp3) is 0.278. The van der Waals surface area contributed by atoms with Crippen LogP contribution in [0.15, 0.2) is 42.5 Å². The van der Waals surface area contributed by atoms with Crippen LogP contribution in [0.2, 0.25) is 0 Å². The van der Waals surface area contributed by atoms with Gasteiger partial charge < -0.3 is 9.64 Å². The molecule has 0 saturated carbocycles. The molecule has 0 fully saturated rings. The second-order valence-electron chi connectivity index (χ2n) is 5.67. The van der Waals surface area contributed by atoms with Crippen LogP contribution in [0.1, 0.15) is 35.7 Å². The molecule has 0 saturated heterocycles. The van der Waals surface area contributed by atoms with Gasteiger partial charge in [0.2, 0.25) is 0 Å². The molecule has 0 atom stereocenters. The van der Waals surface area contributed by atoms with Crippen LogP contribution in [0.4, 0.5) is 4.39 Å². The number of rotatable bonds is 4. The molecule has 0 aliphatic heterocycles. The van der Waals surface area contributed by atoms with E-state index in [2.05, 4.69) is 13.8 Å². The number of hydrogen-bond donors (Lipinski definition) is 0. The molecule has 0 radical (unpaired) electrons. The standard InChI is InChI=1S/C18H20FNO2/c1-12(2)13-5-8-15(9-6-13)22-17-10-7-14(11-16(17)19)18(21)20(3)4/h5-12H,1-4H3. The van der Waals surface area contributed by atoms with Crippen LogP contribution in [-0.2, 0) is 0 Å². The zero-order valence-electron chi connectivity index (χ0n) is 13.3. The maximum absolute atomic E-state index is 14.1. The Morgan fingerprint density at radius 2 is 1.73 bits per heavy atom. The number of halogens is 1. The van der Waals surface area contributed by atoms with Gasteiger partial charge in [-0.1, -0.05) is 26.0 Å². The van der Waals surface area contributed by atoms with Crippen molar-refractivity contribution in [1.82, 2.24) is 4.90 Å². The van der Waals surface area contributed by atoms with E-state index in [0.29, 0.717) is 17.2 Å². The third-order valence-corrected chi connectivity index (χ3v) is 3.36. The molecule has 2 aromatic rings. The summed E-state index contributed by atoms with van der Waals surface area (Å²) in [7, 11) is 3.25. The summed E-state index contributed by atoms with van der Waals surface area (Å²) in [5.41, 5.74) is 1.49. The normalized spacial score (nSPS) is 10.6. The van der Waals surface area contributed by atoms with E-state index >= 15 is 0 Å². The molecule has 2 aromatic carbocycles. The summed E-state index contributed by atoms with van der Waals surface area (Å²) in [6.07, 6.45) is 0. The maximum atomic E-state index is 14.1. The number of carbonyl (C=O) groups excluding carboxylic acids is 1. The van der Waals surface area contributed by atoms with Crippen molar-refractivity contribution in [1.29, 1.82) is 0 Å². The summed E-state index contributed by atoms with van der Waals surface area (Å²) < 4.78 is 19.6. The smallest absolute Gasteiger partial charge is 0.253 e. The van der Waals surface area contributed by atoms with Crippen molar-refractivity contribution in [3.63, 3.8) is 0 Å². The van der Waals surface area contributed by atoms with Crippen molar-refractivity contribution in [2.45, 2.75) is 19.8 Å². The van der Waals surface area contributed by atoms with Gasteiger partial charge in [0.25, 0.3) is 5.91 Å². The van der Waals surface area contributed by atoms with Crippen LogP contribution >= 0.6 is 0 Å². The highest BCUT2D eigenvalue weighted by molar-refractivity contribution is 5.94. The van der Waals surface area contributed by atoms with E-state index in [1.54, 1.807) is 20.2 Å². The van der Waals surface area contributed by atoms with Crippen LogP contribution in [0, 0.1) is 5.82 Å². The van der Waals surface area contributed by atoms with Crippen molar-refractivity contribution < 1.29 is 13.9 Å². The first kappa shape index (κ1) is 16.0. The summed E-state index contributed by atoms with van der Waals surface area (Å²) >= 11 is 0. The zero-order valence-corrected chi connectivity index (χ0v) is 13.3. The van der Waals surface area contributed by atoms with E-state index < -0.39 is 5.82 Å². The largest absolute Gasteiger partial charge is 0.454 e. The van der Waals surface area contributed by atoms with Gasteiger partial charge in [-0.05, 0) is 41.8 Å². The summed E-state index contributed by atoms with van der Waals surface area (Å²) in [5, 5.41) is 0. The Bertz CT molecular complexity index is 663. The first-order valence-electron chi connectivity index (χ1n) is 7.17. The molecular formula is C18H20FNO2. The number of ether oxygens (including phenoxy) is 1. The van der Waals surface area contributed by atoms with Crippen molar-refractivity contribution in [3.8, 4) is 11.5 Å². The Morgan fingerprint density at radius 3 is 2.23 bits per heavy atom. The van der Waals surface area contributed by atoms with E-state index in [1.165, 1.54) is 22.6 Å². The van der Waals surface area contributed by atoms with Gasteiger partial charge in [0.15, 0.2) is 11.6 Å². The fourth-order valence-corrected chi connectivity index (χ4v) is 2.02. The Morgan fingerprint density at radius 1 is 1.09 bits per heavy atom. The first-order valence-corrected chi connectivity index (χ1v) is 7.17. The van der Waals surface area contributed by atoms with Gasteiger partial charge in [-0.3, -0.25) is 4.79 Å². The second-order valence-corrected chi connectivity index (χ2v) is 5.67. The molecule has 0 unspecified atom stereocenters. The number of hydrogen-bond acceptors (Lipinski definition) is 2. The minimum absolute atomic E-state index is 0.104. The average Bonchev–Trinajstić information content (AvgIpc) is 2.49. The molecular weight excluding hydrogens is 281 g/mol. The molecule has 4 heteroatoms. The van der Waals surface area contributed by atoms with Gasteiger partial charge in [-0.15, -0.1) is 0 Å². The van der Waals surface area contributed by atoms with E-state index in [4.69, 9.17) is 4.74 Å². The molecule has 2 rings (SSSR count). The Hall–Kier alpha value is -2.36. The summed E-state index contributed by atoms with van der Waals surface area (Å²) in [4.78, 5) is 13.2. The average molecular weight is 301 g/mol. The molecule has 0 bridgehead atoms. The monoisotopic (exact) mass is 301 g/mol. The van der Waals surface area contributed by atoms with Crippen molar-refractivity contribution in [3.05, 3.63) is 59.4 Å². The fourth-order valence-electron chi connectivity index (χ4n) is 2.02. The molecule has 0 spiro atoms. The van der Waals surface area contributed by atoms with Gasteiger partial charge >= 0.3 is 0 Å². The molecule has 0 aliphatic carbocycles. The lowest BCUT2D eigenvalue weighted by Crippen LogP contribution is -2.21. The van der Waals surface area contributed by atoms with Crippen molar-refractivity contribution in [2.75, 3.05) is 14.1 Å². The molecule has 0 N–H and O–H groups in total. The van der Waals surface area contributed by atoms with E-state index in [1.807, 2.05) is 24.3 Å². The van der Waals surface area contributed by atoms with Gasteiger partial charge in [0.1, 0.15) is 5.75 Å². The molecule has 1 amide bonds. The molecule has 116 valence electrons. The van der Waals surface area contributed by atoms with Gasteiger partial charge in [0.05, 0.1) is 0 Å². The predicted molar refractivity (Wildman–Crippen MR) is 85.0 cm³/mol. The minimum Gasteiger partial charge on any atom is -0.454 e. The lowest BCUT2D eigenvalue weighted by atomic mass is 10.0. The van der Waals surface area contributed by atoms with Crippen LogP contribution in [-0.4, -0.2) is 24.9 Å². The van der Waals surface area contributed by atoms with Crippen LogP contribution in [0.5, 0.6) is 11.5 Å². The lowest BCUT2D eigenvalue weighted by molar-refractivity contribution is 0.0827. The Balaban J connectivity index is 2.18. The van der Waals surface area contributed by atoms with E-state index in [0.717, 1.165) is 0 Å². The lowest BCUT2D eigenvalue weighted by Gasteiger charge is -2.12. The van der Waals surface area contributed by atoms with Gasteiger partial charge in [0, 0.05) is 19.7 Å². The first-order chi connectivity index (χ1) is 10.4. The summed E-state index contributed by atoms with van der Waals surface area (Å²) in [6.45, 7) is 4.21. The molecule has 0 heterocycles. The van der Waals surface area contributed by atoms with E-state index in [9.17, 15) is 9.18 Å². The van der Waals surface area contributed by atoms with Crippen molar-refractivity contribution in [2.24, 2.45) is 0 Å². The summed E-state index contributed by atoms with van der Waals surface area (Å²) in [5.74, 6) is 0.303. The second kappa shape index (κ2) is 6.60. The Labute approximate surface area is 130 Å². The Kier molecular flexibility index (Phi) is 4.81. The number of nitrogens with zero attached hydrogens (tertiary/aromatic N) is 1. The van der Waals surface area contributed by atoms with Crippen LogP contribution in [0.3, 0.4) is 0 Å². The number of amides is 1. The van der Waals surface area contributed by atoms with Gasteiger partial charge in [-0.2, -0.15) is 0 Å². The highest BCUT2D eigenvalue weighted by Gasteiger charge is 2.12. The summed E-state index contributed by atoms with van der Waals surface area (Å²) in [6, 6.07) is 11.8. The van der Waals surface area contributed by atoms with Crippen molar-refractivity contribution >= 4 is 5.91 Å². The van der Waals surface area contributed by atoms with Gasteiger partial charge in [-0.25, -0.2) is 4.39 Å². The van der Waals surface area contributed by atoms with Crippen LogP contribution < -0.4 is 4.74 Å². The number of benzene rings is 2. The number of carbonyl (C=O) groups is 1. The molecule has 3 nitrogen and oxygen atoms in total. The third kappa shape index (κ3) is 3.64. The topological polar surface area (TPSA) is 29.5 Å². The SMILES string of the molecule is CC(C)c1ccc(Oc2ccc(C(=O)N(C)C)cc2F)cc1. The predicted octanol–water partition coefficient (Wildman–Crippen LogP) is 4.44. The minimum atomic E-state index is -0.555. The van der Waals surface area contributed by atoms with E-state index in [-0.39, 0.29) is 11.7 Å².